The van der Waals surface area contributed by atoms with Gasteiger partial charge in [0.2, 0.25) is 0 Å². The van der Waals surface area contributed by atoms with E-state index in [1.807, 2.05) is 12.1 Å². The molecule has 2 nitrogen and oxygen atoms in total. The second kappa shape index (κ2) is 8.40. The average Bonchev–Trinajstić information content (AvgIpc) is 2.21. The van der Waals surface area contributed by atoms with Crippen molar-refractivity contribution in [2.45, 2.75) is 6.54 Å². The van der Waals surface area contributed by atoms with Crippen LogP contribution in [-0.4, -0.2) is 31.2 Å². The Morgan fingerprint density at radius 2 is 2.07 bits per heavy atom. The van der Waals surface area contributed by atoms with E-state index in [1.54, 1.807) is 0 Å². The van der Waals surface area contributed by atoms with Gasteiger partial charge in [0.15, 0.2) is 0 Å². The third-order valence-corrected chi connectivity index (χ3v) is 2.28. The van der Waals surface area contributed by atoms with Crippen molar-refractivity contribution in [1.29, 1.82) is 0 Å². The van der Waals surface area contributed by atoms with E-state index >= 15 is 0 Å². The summed E-state index contributed by atoms with van der Waals surface area (Å²) in [6.45, 7) is 4.87. The molecule has 1 aromatic carbocycles. The maximum absolute atomic E-state index is 5.29. The molecule has 1 aromatic rings. The second-order valence-corrected chi connectivity index (χ2v) is 3.30. The van der Waals surface area contributed by atoms with Crippen molar-refractivity contribution in [3.05, 3.63) is 35.9 Å². The van der Waals surface area contributed by atoms with Crippen LogP contribution in [0.25, 0.3) is 0 Å². The molecule has 80 valence electrons. The van der Waals surface area contributed by atoms with Crippen LogP contribution in [0, 0.1) is 6.07 Å². The molecule has 0 unspecified atom stereocenters. The summed E-state index contributed by atoms with van der Waals surface area (Å²) in [4.78, 5) is 2.41. The quantitative estimate of drug-likeness (QED) is 0.609. The number of halogens is 1. The van der Waals surface area contributed by atoms with Crippen molar-refractivity contribution in [1.82, 2.24) is 4.90 Å². The molecule has 0 aliphatic carbocycles. The van der Waals surface area contributed by atoms with E-state index in [0.717, 1.165) is 32.8 Å². The van der Waals surface area contributed by atoms with Crippen LogP contribution in [0.4, 0.5) is 0 Å². The van der Waals surface area contributed by atoms with Gasteiger partial charge in [-0.15, -0.1) is 22.5 Å². The van der Waals surface area contributed by atoms with Gasteiger partial charge in [-0.2, -0.15) is 30.3 Å². The minimum Gasteiger partial charge on any atom is -0.379 e. The molecule has 0 saturated carbocycles. The Hall–Kier alpha value is 0.243. The van der Waals surface area contributed by atoms with E-state index < -0.39 is 0 Å². The Bertz CT molecular complexity index is 252. The molecule has 0 atom stereocenters. The van der Waals surface area contributed by atoms with Crippen LogP contribution >= 0.6 is 17.0 Å². The van der Waals surface area contributed by atoms with E-state index in [2.05, 4.69) is 23.1 Å². The number of hydrogen-bond donors (Lipinski definition) is 0. The standard InChI is InChI=1S/C11H14NO.BrH.Zn/c1-2-4-11(5-3-1)10-12-6-8-13-9-7-12;;/h1-2,4-5H,6-10H2;1H;/q-1;;. The summed E-state index contributed by atoms with van der Waals surface area (Å²) < 4.78 is 5.29. The average molecular weight is 323 g/mol. The maximum Gasteiger partial charge on any atom is 0.0593 e. The third kappa shape index (κ3) is 5.21. The van der Waals surface area contributed by atoms with E-state index in [9.17, 15) is 0 Å². The number of rotatable bonds is 2. The summed E-state index contributed by atoms with van der Waals surface area (Å²) in [7, 11) is 0. The van der Waals surface area contributed by atoms with Gasteiger partial charge in [-0.3, -0.25) is 0 Å². The van der Waals surface area contributed by atoms with Crippen LogP contribution in [0.2, 0.25) is 0 Å². The summed E-state index contributed by atoms with van der Waals surface area (Å²) in [5.41, 5.74) is 1.34. The van der Waals surface area contributed by atoms with Crippen LogP contribution in [0.5, 0.6) is 0 Å². The first kappa shape index (κ1) is 15.2. The SMILES string of the molecule is Br.[Zn].[c-]1cccc(CN2CCOCC2)c1. The van der Waals surface area contributed by atoms with Crippen molar-refractivity contribution in [2.24, 2.45) is 0 Å². The molecular formula is C11H15BrNOZn-. The molecule has 0 aromatic heterocycles. The fraction of sp³-hybridized carbons (Fsp3) is 0.455. The van der Waals surface area contributed by atoms with Gasteiger partial charge in [0.25, 0.3) is 0 Å². The fourth-order valence-corrected chi connectivity index (χ4v) is 1.55. The molecule has 1 saturated heterocycles. The predicted octanol–water partition coefficient (Wildman–Crippen LogP) is 1.89. The number of hydrogen-bond acceptors (Lipinski definition) is 2. The Morgan fingerprint density at radius 1 is 1.33 bits per heavy atom. The number of morpholine rings is 1. The molecule has 0 N–H and O–H groups in total. The Balaban J connectivity index is 0.000000980. The molecule has 1 heterocycles. The predicted molar refractivity (Wildman–Crippen MR) is 61.7 cm³/mol. The Labute approximate surface area is 115 Å². The first-order chi connectivity index (χ1) is 6.45. The normalized spacial score (nSPS) is 16.3. The monoisotopic (exact) mass is 320 g/mol. The smallest absolute Gasteiger partial charge is 0.0593 e. The van der Waals surface area contributed by atoms with Crippen molar-refractivity contribution in [3.63, 3.8) is 0 Å². The summed E-state index contributed by atoms with van der Waals surface area (Å²) in [6, 6.07) is 11.3. The van der Waals surface area contributed by atoms with Gasteiger partial charge in [0, 0.05) is 32.6 Å². The van der Waals surface area contributed by atoms with Crippen LogP contribution in [-0.2, 0) is 30.8 Å². The van der Waals surface area contributed by atoms with Gasteiger partial charge in [0.05, 0.1) is 13.2 Å². The van der Waals surface area contributed by atoms with Crippen LogP contribution < -0.4 is 0 Å². The van der Waals surface area contributed by atoms with Gasteiger partial charge in [-0.25, -0.2) is 0 Å². The van der Waals surface area contributed by atoms with Crippen molar-refractivity contribution >= 4 is 17.0 Å². The second-order valence-electron chi connectivity index (χ2n) is 3.30. The fourth-order valence-electron chi connectivity index (χ4n) is 1.55. The zero-order chi connectivity index (χ0) is 8.93. The number of nitrogens with zero attached hydrogens (tertiary/aromatic N) is 1. The van der Waals surface area contributed by atoms with Gasteiger partial charge in [0.1, 0.15) is 0 Å². The van der Waals surface area contributed by atoms with Gasteiger partial charge < -0.3 is 9.64 Å². The molecule has 0 bridgehead atoms. The minimum atomic E-state index is 0. The number of ether oxygens (including phenoxy) is 1. The number of benzene rings is 1. The molecule has 1 aliphatic rings. The molecule has 2 rings (SSSR count). The van der Waals surface area contributed by atoms with Crippen LogP contribution in [0.1, 0.15) is 5.56 Å². The summed E-state index contributed by atoms with van der Waals surface area (Å²) in [5, 5.41) is 0. The zero-order valence-corrected chi connectivity index (χ0v) is 13.5. The third-order valence-electron chi connectivity index (χ3n) is 2.28. The molecule has 1 fully saturated rings. The molecule has 0 amide bonds. The maximum atomic E-state index is 5.29. The molecule has 0 spiro atoms. The van der Waals surface area contributed by atoms with Crippen LogP contribution in [0.3, 0.4) is 0 Å². The Kier molecular flexibility index (Phi) is 8.54. The van der Waals surface area contributed by atoms with Crippen molar-refractivity contribution in [3.8, 4) is 0 Å². The molecule has 1 aliphatic heterocycles. The minimum absolute atomic E-state index is 0. The summed E-state index contributed by atoms with van der Waals surface area (Å²) in [5.74, 6) is 0. The summed E-state index contributed by atoms with van der Waals surface area (Å²) in [6.07, 6.45) is 0. The largest absolute Gasteiger partial charge is 0.379 e. The summed E-state index contributed by atoms with van der Waals surface area (Å²) >= 11 is 0. The molecule has 0 radical (unpaired) electrons. The Morgan fingerprint density at radius 3 is 2.67 bits per heavy atom. The van der Waals surface area contributed by atoms with Crippen molar-refractivity contribution in [2.75, 3.05) is 26.3 Å². The first-order valence-corrected chi connectivity index (χ1v) is 4.70. The van der Waals surface area contributed by atoms with E-state index in [1.165, 1.54) is 5.56 Å². The molecule has 4 heteroatoms. The molecule has 15 heavy (non-hydrogen) atoms. The van der Waals surface area contributed by atoms with Gasteiger partial charge in [-0.05, 0) is 6.54 Å². The van der Waals surface area contributed by atoms with E-state index in [0.29, 0.717) is 0 Å². The van der Waals surface area contributed by atoms with E-state index in [4.69, 9.17) is 4.74 Å². The zero-order valence-electron chi connectivity index (χ0n) is 8.82. The van der Waals surface area contributed by atoms with E-state index in [-0.39, 0.29) is 36.5 Å². The van der Waals surface area contributed by atoms with Gasteiger partial charge >= 0.3 is 0 Å². The molecular weight excluding hydrogens is 307 g/mol. The first-order valence-electron chi connectivity index (χ1n) is 4.70. The van der Waals surface area contributed by atoms with Gasteiger partial charge in [-0.1, -0.05) is 0 Å². The van der Waals surface area contributed by atoms with Crippen LogP contribution in [0.15, 0.2) is 24.3 Å². The topological polar surface area (TPSA) is 12.5 Å². The van der Waals surface area contributed by atoms with Crippen molar-refractivity contribution < 1.29 is 24.2 Å².